The Kier molecular flexibility index (Phi) is 4.59. The van der Waals surface area contributed by atoms with Gasteiger partial charge in [0.2, 0.25) is 0 Å². The standard InChI is InChI=1S/C20H15F3N6/c21-20(22,23)16-6-7-17-26-27-19(29(17)12-16)15-5-2-8-28(11-15)18-13(9-24)3-1-4-14(18)10-25/h1,3-4,6-7,12,15H,2,5,8,11H2. The van der Waals surface area contributed by atoms with E-state index in [1.165, 1.54) is 10.5 Å². The molecule has 0 saturated carbocycles. The molecule has 3 heterocycles. The summed E-state index contributed by atoms with van der Waals surface area (Å²) in [6, 6.07) is 11.5. The Morgan fingerprint density at radius 1 is 1.03 bits per heavy atom. The number of para-hydroxylation sites is 1. The van der Waals surface area contributed by atoms with E-state index < -0.39 is 11.7 Å². The number of nitriles is 2. The molecule has 3 aromatic rings. The minimum Gasteiger partial charge on any atom is -0.369 e. The first kappa shape index (κ1) is 18.8. The highest BCUT2D eigenvalue weighted by Crippen LogP contribution is 2.34. The largest absolute Gasteiger partial charge is 0.417 e. The monoisotopic (exact) mass is 396 g/mol. The van der Waals surface area contributed by atoms with Crippen LogP contribution in [0.1, 0.15) is 41.3 Å². The van der Waals surface area contributed by atoms with Crippen LogP contribution in [-0.4, -0.2) is 27.7 Å². The fourth-order valence-electron chi connectivity index (χ4n) is 3.81. The Balaban J connectivity index is 1.72. The maximum atomic E-state index is 13.1. The van der Waals surface area contributed by atoms with Gasteiger partial charge in [0.05, 0.1) is 22.4 Å². The van der Waals surface area contributed by atoms with Crippen LogP contribution in [0.15, 0.2) is 36.5 Å². The number of halogens is 3. The smallest absolute Gasteiger partial charge is 0.369 e. The summed E-state index contributed by atoms with van der Waals surface area (Å²) in [6.45, 7) is 1.08. The number of hydrogen-bond donors (Lipinski definition) is 0. The van der Waals surface area contributed by atoms with Crippen LogP contribution in [0, 0.1) is 22.7 Å². The molecule has 4 rings (SSSR count). The number of fused-ring (bicyclic) bond motifs is 1. The third-order valence-corrected chi connectivity index (χ3v) is 5.14. The van der Waals surface area contributed by atoms with Crippen molar-refractivity contribution in [2.75, 3.05) is 18.0 Å². The molecule has 0 bridgehead atoms. The highest BCUT2D eigenvalue weighted by molar-refractivity contribution is 5.68. The normalized spacial score (nSPS) is 17.1. The van der Waals surface area contributed by atoms with Crippen molar-refractivity contribution in [2.45, 2.75) is 24.9 Å². The predicted octanol–water partition coefficient (Wildman–Crippen LogP) is 3.88. The molecule has 9 heteroatoms. The molecular weight excluding hydrogens is 381 g/mol. The lowest BCUT2D eigenvalue weighted by molar-refractivity contribution is -0.137. The highest BCUT2D eigenvalue weighted by Gasteiger charge is 2.32. The Labute approximate surface area is 164 Å². The summed E-state index contributed by atoms with van der Waals surface area (Å²) >= 11 is 0. The number of piperidine rings is 1. The average Bonchev–Trinajstić information content (AvgIpc) is 3.16. The first-order valence-electron chi connectivity index (χ1n) is 9.02. The Morgan fingerprint density at radius 2 is 1.76 bits per heavy atom. The maximum Gasteiger partial charge on any atom is 0.417 e. The number of rotatable bonds is 2. The molecule has 1 aromatic carbocycles. The Morgan fingerprint density at radius 3 is 2.41 bits per heavy atom. The summed E-state index contributed by atoms with van der Waals surface area (Å²) in [4.78, 5) is 1.94. The quantitative estimate of drug-likeness (QED) is 0.657. The SMILES string of the molecule is N#Cc1cccc(C#N)c1N1CCCC(c2nnc3ccc(C(F)(F)F)cn23)C1. The van der Waals surface area contributed by atoms with E-state index in [1.807, 2.05) is 4.90 Å². The summed E-state index contributed by atoms with van der Waals surface area (Å²) in [5.74, 6) is 0.268. The van der Waals surface area contributed by atoms with E-state index >= 15 is 0 Å². The van der Waals surface area contributed by atoms with Gasteiger partial charge in [-0.15, -0.1) is 10.2 Å². The summed E-state index contributed by atoms with van der Waals surface area (Å²) in [5, 5.41) is 27.0. The minimum absolute atomic E-state index is 0.180. The second kappa shape index (κ2) is 7.10. The lowest BCUT2D eigenvalue weighted by Gasteiger charge is -2.34. The third-order valence-electron chi connectivity index (χ3n) is 5.14. The first-order chi connectivity index (χ1) is 13.9. The van der Waals surface area contributed by atoms with Gasteiger partial charge in [0.1, 0.15) is 18.0 Å². The van der Waals surface area contributed by atoms with Gasteiger partial charge in [-0.05, 0) is 37.1 Å². The van der Waals surface area contributed by atoms with Crippen molar-refractivity contribution >= 4 is 11.3 Å². The van der Waals surface area contributed by atoms with Gasteiger partial charge in [-0.1, -0.05) is 6.07 Å². The number of alkyl halides is 3. The van der Waals surface area contributed by atoms with Crippen LogP contribution in [-0.2, 0) is 6.18 Å². The van der Waals surface area contributed by atoms with Crippen molar-refractivity contribution in [1.29, 1.82) is 10.5 Å². The summed E-state index contributed by atoms with van der Waals surface area (Å²) in [6.07, 6.45) is -1.96. The van der Waals surface area contributed by atoms with E-state index in [0.29, 0.717) is 41.4 Å². The lowest BCUT2D eigenvalue weighted by atomic mass is 9.95. The highest BCUT2D eigenvalue weighted by atomic mass is 19.4. The number of nitrogens with zero attached hydrogens (tertiary/aromatic N) is 6. The van der Waals surface area contributed by atoms with E-state index in [2.05, 4.69) is 22.3 Å². The predicted molar refractivity (Wildman–Crippen MR) is 98.0 cm³/mol. The number of hydrogen-bond acceptors (Lipinski definition) is 5. The summed E-state index contributed by atoms with van der Waals surface area (Å²) in [7, 11) is 0. The molecule has 0 spiro atoms. The molecule has 146 valence electrons. The molecule has 1 fully saturated rings. The topological polar surface area (TPSA) is 81.0 Å². The van der Waals surface area contributed by atoms with Crippen LogP contribution in [0.3, 0.4) is 0 Å². The third kappa shape index (κ3) is 3.36. The van der Waals surface area contributed by atoms with Crippen LogP contribution in [0.2, 0.25) is 0 Å². The molecule has 2 aromatic heterocycles. The molecule has 1 aliphatic rings. The fraction of sp³-hybridized carbons (Fsp3) is 0.300. The van der Waals surface area contributed by atoms with E-state index in [4.69, 9.17) is 0 Å². The average molecular weight is 396 g/mol. The molecule has 1 aliphatic heterocycles. The van der Waals surface area contributed by atoms with Gasteiger partial charge in [0.15, 0.2) is 5.65 Å². The van der Waals surface area contributed by atoms with Crippen LogP contribution < -0.4 is 4.90 Å². The van der Waals surface area contributed by atoms with Gasteiger partial charge in [0.25, 0.3) is 0 Å². The molecule has 1 unspecified atom stereocenters. The van der Waals surface area contributed by atoms with Crippen molar-refractivity contribution in [3.63, 3.8) is 0 Å². The van der Waals surface area contributed by atoms with Crippen molar-refractivity contribution < 1.29 is 13.2 Å². The summed E-state index contributed by atoms with van der Waals surface area (Å²) in [5.41, 5.74) is 0.942. The molecule has 0 N–H and O–H groups in total. The molecular formula is C20H15F3N6. The molecule has 29 heavy (non-hydrogen) atoms. The van der Waals surface area contributed by atoms with Crippen LogP contribution in [0.4, 0.5) is 18.9 Å². The first-order valence-corrected chi connectivity index (χ1v) is 9.02. The van der Waals surface area contributed by atoms with Gasteiger partial charge in [-0.25, -0.2) is 0 Å². The van der Waals surface area contributed by atoms with Gasteiger partial charge >= 0.3 is 6.18 Å². The second-order valence-electron chi connectivity index (χ2n) is 6.91. The van der Waals surface area contributed by atoms with Gasteiger partial charge in [-0.2, -0.15) is 23.7 Å². The van der Waals surface area contributed by atoms with Gasteiger partial charge in [0, 0.05) is 25.2 Å². The van der Waals surface area contributed by atoms with Gasteiger partial charge < -0.3 is 4.90 Å². The number of anilines is 1. The molecule has 0 radical (unpaired) electrons. The van der Waals surface area contributed by atoms with Crippen LogP contribution >= 0.6 is 0 Å². The maximum absolute atomic E-state index is 13.1. The molecule has 1 atom stereocenters. The Hall–Kier alpha value is -3.59. The zero-order chi connectivity index (χ0) is 20.6. The molecule has 0 aliphatic carbocycles. The van der Waals surface area contributed by atoms with E-state index in [-0.39, 0.29) is 5.92 Å². The van der Waals surface area contributed by atoms with Crippen LogP contribution in [0.25, 0.3) is 5.65 Å². The number of benzene rings is 1. The number of pyridine rings is 1. The van der Waals surface area contributed by atoms with Crippen molar-refractivity contribution in [1.82, 2.24) is 14.6 Å². The Bertz CT molecular complexity index is 1120. The zero-order valence-electron chi connectivity index (χ0n) is 15.2. The summed E-state index contributed by atoms with van der Waals surface area (Å²) < 4.78 is 40.8. The van der Waals surface area contributed by atoms with Gasteiger partial charge in [-0.3, -0.25) is 4.40 Å². The minimum atomic E-state index is -4.46. The van der Waals surface area contributed by atoms with Crippen molar-refractivity contribution in [3.8, 4) is 12.1 Å². The van der Waals surface area contributed by atoms with Crippen molar-refractivity contribution in [3.05, 3.63) is 59.0 Å². The molecule has 1 saturated heterocycles. The zero-order valence-corrected chi connectivity index (χ0v) is 15.2. The van der Waals surface area contributed by atoms with Crippen LogP contribution in [0.5, 0.6) is 0 Å². The van der Waals surface area contributed by atoms with E-state index in [1.54, 1.807) is 18.2 Å². The van der Waals surface area contributed by atoms with E-state index in [9.17, 15) is 23.7 Å². The molecule has 0 amide bonds. The fourth-order valence-corrected chi connectivity index (χ4v) is 3.81. The van der Waals surface area contributed by atoms with E-state index in [0.717, 1.165) is 25.1 Å². The second-order valence-corrected chi connectivity index (χ2v) is 6.91. The molecule has 6 nitrogen and oxygen atoms in total. The lowest BCUT2D eigenvalue weighted by Crippen LogP contribution is -2.36. The number of aromatic nitrogens is 3. The van der Waals surface area contributed by atoms with Crippen molar-refractivity contribution in [2.24, 2.45) is 0 Å².